The molecule has 2 heteroatoms. The van der Waals surface area contributed by atoms with Gasteiger partial charge < -0.3 is 9.47 Å². The summed E-state index contributed by atoms with van der Waals surface area (Å²) in [6, 6.07) is 6.16. The fourth-order valence-electron chi connectivity index (χ4n) is 1.65. The molecule has 2 nitrogen and oxygen atoms in total. The van der Waals surface area contributed by atoms with Crippen molar-refractivity contribution < 1.29 is 9.47 Å². The normalized spacial score (nSPS) is 15.2. The van der Waals surface area contributed by atoms with Gasteiger partial charge in [-0.3, -0.25) is 0 Å². The predicted octanol–water partition coefficient (Wildman–Crippen LogP) is 3.58. The van der Waals surface area contributed by atoms with Crippen LogP contribution >= 0.6 is 0 Å². The lowest BCUT2D eigenvalue weighted by Gasteiger charge is -2.14. The standard InChI is InChI=1S/C14H20O2/c1-4-11-5-6-13(15-10(2)3)9-14(11)16-12-7-8-12/h5-6,9-10,12H,4,7-8H2,1-3H3. The van der Waals surface area contributed by atoms with Gasteiger partial charge in [0.05, 0.1) is 12.2 Å². The second-order valence-electron chi connectivity index (χ2n) is 4.61. The van der Waals surface area contributed by atoms with Crippen LogP contribution in [0.1, 0.15) is 39.2 Å². The molecule has 88 valence electrons. The fraction of sp³-hybridized carbons (Fsp3) is 0.571. The maximum absolute atomic E-state index is 5.89. The van der Waals surface area contributed by atoms with Gasteiger partial charge in [0.2, 0.25) is 0 Å². The first-order valence-electron chi connectivity index (χ1n) is 6.15. The van der Waals surface area contributed by atoms with E-state index < -0.39 is 0 Å². The molecular weight excluding hydrogens is 200 g/mol. The molecule has 1 aromatic carbocycles. The van der Waals surface area contributed by atoms with Gasteiger partial charge in [-0.2, -0.15) is 0 Å². The van der Waals surface area contributed by atoms with Crippen LogP contribution in [-0.2, 0) is 6.42 Å². The van der Waals surface area contributed by atoms with Crippen LogP contribution in [0, 0.1) is 0 Å². The summed E-state index contributed by atoms with van der Waals surface area (Å²) in [6.45, 7) is 6.22. The van der Waals surface area contributed by atoms with Crippen molar-refractivity contribution in [1.29, 1.82) is 0 Å². The first-order chi connectivity index (χ1) is 7.69. The highest BCUT2D eigenvalue weighted by atomic mass is 16.5. The Bertz CT molecular complexity index is 354. The third-order valence-corrected chi connectivity index (χ3v) is 2.61. The number of rotatable bonds is 5. The Balaban J connectivity index is 2.15. The minimum absolute atomic E-state index is 0.209. The SMILES string of the molecule is CCc1ccc(OC(C)C)cc1OC1CC1. The van der Waals surface area contributed by atoms with Crippen LogP contribution in [0.3, 0.4) is 0 Å². The van der Waals surface area contributed by atoms with Crippen LogP contribution in [0.25, 0.3) is 0 Å². The lowest BCUT2D eigenvalue weighted by Crippen LogP contribution is -2.06. The van der Waals surface area contributed by atoms with Crippen molar-refractivity contribution >= 4 is 0 Å². The Kier molecular flexibility index (Phi) is 3.37. The average molecular weight is 220 g/mol. The number of hydrogen-bond acceptors (Lipinski definition) is 2. The molecule has 1 aliphatic rings. The van der Waals surface area contributed by atoms with E-state index in [0.717, 1.165) is 17.9 Å². The van der Waals surface area contributed by atoms with Crippen molar-refractivity contribution in [2.45, 2.75) is 52.2 Å². The molecule has 0 spiro atoms. The van der Waals surface area contributed by atoms with Crippen LogP contribution in [0.15, 0.2) is 18.2 Å². The summed E-state index contributed by atoms with van der Waals surface area (Å²) in [7, 11) is 0. The molecule has 0 atom stereocenters. The van der Waals surface area contributed by atoms with Crippen molar-refractivity contribution in [3.05, 3.63) is 23.8 Å². The van der Waals surface area contributed by atoms with Crippen molar-refractivity contribution in [3.8, 4) is 11.5 Å². The van der Waals surface area contributed by atoms with E-state index in [9.17, 15) is 0 Å². The van der Waals surface area contributed by atoms with Crippen LogP contribution in [0.5, 0.6) is 11.5 Å². The van der Waals surface area contributed by atoms with Crippen LogP contribution in [0.2, 0.25) is 0 Å². The van der Waals surface area contributed by atoms with Gasteiger partial charge in [0, 0.05) is 6.07 Å². The third kappa shape index (κ3) is 2.91. The molecule has 0 aromatic heterocycles. The quantitative estimate of drug-likeness (QED) is 0.755. The molecule has 2 rings (SSSR count). The Morgan fingerprint density at radius 3 is 2.62 bits per heavy atom. The molecule has 0 amide bonds. The van der Waals surface area contributed by atoms with Crippen LogP contribution in [0.4, 0.5) is 0 Å². The molecule has 0 unspecified atom stereocenters. The first kappa shape index (κ1) is 11.3. The van der Waals surface area contributed by atoms with Crippen LogP contribution in [-0.4, -0.2) is 12.2 Å². The molecule has 16 heavy (non-hydrogen) atoms. The van der Waals surface area contributed by atoms with E-state index in [0.29, 0.717) is 6.10 Å². The van der Waals surface area contributed by atoms with Crippen molar-refractivity contribution in [1.82, 2.24) is 0 Å². The monoisotopic (exact) mass is 220 g/mol. The zero-order valence-electron chi connectivity index (χ0n) is 10.3. The summed E-state index contributed by atoms with van der Waals surface area (Å²) in [5.74, 6) is 1.91. The number of benzene rings is 1. The second-order valence-corrected chi connectivity index (χ2v) is 4.61. The molecule has 1 aliphatic carbocycles. The van der Waals surface area contributed by atoms with Crippen molar-refractivity contribution in [2.75, 3.05) is 0 Å². The molecular formula is C14H20O2. The molecule has 0 bridgehead atoms. The van der Waals surface area contributed by atoms with E-state index in [1.54, 1.807) is 0 Å². The van der Waals surface area contributed by atoms with Gasteiger partial charge >= 0.3 is 0 Å². The van der Waals surface area contributed by atoms with Gasteiger partial charge in [-0.05, 0) is 44.7 Å². The van der Waals surface area contributed by atoms with Gasteiger partial charge in [-0.15, -0.1) is 0 Å². The molecule has 0 radical (unpaired) electrons. The van der Waals surface area contributed by atoms with Crippen molar-refractivity contribution in [3.63, 3.8) is 0 Å². The number of ether oxygens (including phenoxy) is 2. The summed E-state index contributed by atoms with van der Waals surface area (Å²) in [6.07, 6.45) is 4.04. The summed E-state index contributed by atoms with van der Waals surface area (Å²) in [5.41, 5.74) is 1.27. The lowest BCUT2D eigenvalue weighted by molar-refractivity contribution is 0.239. The summed E-state index contributed by atoms with van der Waals surface area (Å²) >= 11 is 0. The largest absolute Gasteiger partial charge is 0.491 e. The molecule has 0 saturated heterocycles. The highest BCUT2D eigenvalue weighted by molar-refractivity contribution is 5.41. The molecule has 0 heterocycles. The van der Waals surface area contributed by atoms with Crippen molar-refractivity contribution in [2.24, 2.45) is 0 Å². The number of hydrogen-bond donors (Lipinski definition) is 0. The summed E-state index contributed by atoms with van der Waals surface area (Å²) in [5, 5.41) is 0. The zero-order chi connectivity index (χ0) is 11.5. The topological polar surface area (TPSA) is 18.5 Å². The molecule has 0 aliphatic heterocycles. The maximum atomic E-state index is 5.89. The molecule has 1 fully saturated rings. The van der Waals surface area contributed by atoms with E-state index in [1.807, 2.05) is 26.0 Å². The zero-order valence-corrected chi connectivity index (χ0v) is 10.3. The highest BCUT2D eigenvalue weighted by Gasteiger charge is 2.24. The molecule has 1 saturated carbocycles. The van der Waals surface area contributed by atoms with E-state index in [4.69, 9.17) is 9.47 Å². The van der Waals surface area contributed by atoms with Gasteiger partial charge in [0.1, 0.15) is 11.5 Å². The minimum Gasteiger partial charge on any atom is -0.491 e. The molecule has 0 N–H and O–H groups in total. The van der Waals surface area contributed by atoms with E-state index in [1.165, 1.54) is 18.4 Å². The molecule has 1 aromatic rings. The lowest BCUT2D eigenvalue weighted by atomic mass is 10.1. The van der Waals surface area contributed by atoms with Crippen LogP contribution < -0.4 is 9.47 Å². The summed E-state index contributed by atoms with van der Waals surface area (Å²) < 4.78 is 11.6. The minimum atomic E-state index is 0.209. The van der Waals surface area contributed by atoms with Gasteiger partial charge in [0.15, 0.2) is 0 Å². The van der Waals surface area contributed by atoms with Gasteiger partial charge in [0.25, 0.3) is 0 Å². The number of aryl methyl sites for hydroxylation is 1. The Morgan fingerprint density at radius 2 is 2.06 bits per heavy atom. The predicted molar refractivity (Wildman–Crippen MR) is 65.2 cm³/mol. The van der Waals surface area contributed by atoms with E-state index in [2.05, 4.69) is 13.0 Å². The Morgan fingerprint density at radius 1 is 1.31 bits per heavy atom. The van der Waals surface area contributed by atoms with E-state index in [-0.39, 0.29) is 6.10 Å². The van der Waals surface area contributed by atoms with Gasteiger partial charge in [-0.1, -0.05) is 13.0 Å². The van der Waals surface area contributed by atoms with E-state index >= 15 is 0 Å². The highest BCUT2D eigenvalue weighted by Crippen LogP contribution is 2.32. The smallest absolute Gasteiger partial charge is 0.126 e. The third-order valence-electron chi connectivity index (χ3n) is 2.61. The Hall–Kier alpha value is -1.18. The first-order valence-corrected chi connectivity index (χ1v) is 6.15. The van der Waals surface area contributed by atoms with Gasteiger partial charge in [-0.25, -0.2) is 0 Å². The second kappa shape index (κ2) is 4.77. The summed E-state index contributed by atoms with van der Waals surface area (Å²) in [4.78, 5) is 0. The maximum Gasteiger partial charge on any atom is 0.126 e. The fourth-order valence-corrected chi connectivity index (χ4v) is 1.65. The average Bonchev–Trinajstić information content (AvgIpc) is 3.01. The Labute approximate surface area is 97.6 Å².